The molecule has 2 aromatic carbocycles. The van der Waals surface area contributed by atoms with Gasteiger partial charge in [0.1, 0.15) is 11.5 Å². The fraction of sp³-hybridized carbons (Fsp3) is 0.254. The lowest BCUT2D eigenvalue weighted by atomic mass is 9.78. The molecular weight excluding hydrogens is 835 g/mol. The Morgan fingerprint density at radius 2 is 1.51 bits per heavy atom. The van der Waals surface area contributed by atoms with Crippen molar-refractivity contribution < 1.29 is 4.74 Å². The summed E-state index contributed by atoms with van der Waals surface area (Å²) in [6, 6.07) is 19.0. The molecule has 69 heavy (non-hydrogen) atoms. The van der Waals surface area contributed by atoms with Gasteiger partial charge >= 0.3 is 0 Å². The summed E-state index contributed by atoms with van der Waals surface area (Å²) in [5.74, 6) is 1.22. The molecule has 2 heteroatoms. The van der Waals surface area contributed by atoms with Crippen molar-refractivity contribution in [1.29, 1.82) is 0 Å². The summed E-state index contributed by atoms with van der Waals surface area (Å²) in [7, 11) is 2.02. The molecule has 0 unspecified atom stereocenters. The summed E-state index contributed by atoms with van der Waals surface area (Å²) < 4.78 is 5.76. The maximum absolute atomic E-state index is 5.76. The number of allylic oxidation sites excluding steroid dienone is 31. The molecule has 0 fully saturated rings. The van der Waals surface area contributed by atoms with Crippen LogP contribution in [0.25, 0.3) is 17.2 Å². The quantitative estimate of drug-likeness (QED) is 0.160. The maximum atomic E-state index is 5.76. The Kier molecular flexibility index (Phi) is 24.9. The van der Waals surface area contributed by atoms with Crippen LogP contribution in [0, 0.1) is 5.41 Å². The zero-order chi connectivity index (χ0) is 50.6. The Morgan fingerprint density at radius 1 is 0.812 bits per heavy atom. The fourth-order valence-electron chi connectivity index (χ4n) is 8.27. The molecule has 1 N–H and O–H groups in total. The smallest absolute Gasteiger partial charge is 0.123 e. The van der Waals surface area contributed by atoms with E-state index in [0.717, 1.165) is 43.3 Å². The van der Waals surface area contributed by atoms with E-state index in [0.29, 0.717) is 11.5 Å². The van der Waals surface area contributed by atoms with Gasteiger partial charge < -0.3 is 10.1 Å². The number of hydrogen-bond acceptors (Lipinski definition) is 2. The molecule has 5 rings (SSSR count). The summed E-state index contributed by atoms with van der Waals surface area (Å²) in [5.41, 5.74) is 17.4. The molecule has 0 amide bonds. The van der Waals surface area contributed by atoms with Crippen LogP contribution in [0.5, 0.6) is 0 Å². The molecular formula is C67H81NO. The fourth-order valence-corrected chi connectivity index (χ4v) is 8.27. The Bertz CT molecular complexity index is 2570. The van der Waals surface area contributed by atoms with Gasteiger partial charge in [0.2, 0.25) is 0 Å². The standard InChI is InChI=1S/C34H39NO.C31H36.C2H6/c1-7-28(21-20-25(2)3)31-22-23-34(35-6)33(24-31)32-19-12-11-16-30(32)18-13-17-29-15-10-8-9-14-26(4)36-27(29)5;1-7-10-11-12-13-14-15-16-20-23-29-28(9-3)25(4)30(31(29,5)6)24-26(8-2)27-21-18-17-19-22-27;1-2/h8-14,16-21,24,35H,4-5,7,15,22-23H2,1-3,6H3;8-9,11-24H,2-3,7,10H2,1,4-6H3;1-2H3/b10-8-,14-9-,18-13-,28-21+,29-17-;12-11+,14-13-,16-15-,23-20+,26-24+;. The lowest BCUT2D eigenvalue weighted by molar-refractivity contribution is 0.332. The van der Waals surface area contributed by atoms with Crippen molar-refractivity contribution in [1.82, 2.24) is 5.32 Å². The largest absolute Gasteiger partial charge is 0.458 e. The SMILES string of the molecule is C=C1/C=C\C=C/C/C(=C/C=C\c2ccccc2C2=C(NC)CCC(/C(=C/C=C(C)C)CC)=C2)C(=C)O1.C=CC1=C(/C=C/C=C\C=C/C=C/CCC)C(C)(C)C(/C=C(\C=C)c2ccccc2)=C1C.CC. The molecule has 0 spiro atoms. The summed E-state index contributed by atoms with van der Waals surface area (Å²) >= 11 is 0. The lowest BCUT2D eigenvalue weighted by Crippen LogP contribution is -2.13. The molecule has 360 valence electrons. The van der Waals surface area contributed by atoms with E-state index in [1.807, 2.05) is 57.3 Å². The predicted octanol–water partition coefficient (Wildman–Crippen LogP) is 19.3. The Labute approximate surface area is 419 Å². The number of rotatable bonds is 17. The average molecular weight is 916 g/mol. The minimum atomic E-state index is -0.111. The normalized spacial score (nSPS) is 18.2. The summed E-state index contributed by atoms with van der Waals surface area (Å²) in [6.45, 7) is 35.6. The number of unbranched alkanes of at least 4 members (excludes halogenated alkanes) is 1. The molecule has 2 aliphatic carbocycles. The van der Waals surface area contributed by atoms with Crippen molar-refractivity contribution in [2.45, 2.75) is 101 Å². The van der Waals surface area contributed by atoms with Gasteiger partial charge in [0, 0.05) is 23.7 Å². The van der Waals surface area contributed by atoms with Crippen LogP contribution in [0.1, 0.15) is 118 Å². The van der Waals surface area contributed by atoms with E-state index < -0.39 is 0 Å². The monoisotopic (exact) mass is 916 g/mol. The van der Waals surface area contributed by atoms with Gasteiger partial charge in [0.05, 0.1) is 0 Å². The lowest BCUT2D eigenvalue weighted by Gasteiger charge is -2.25. The Morgan fingerprint density at radius 3 is 2.17 bits per heavy atom. The van der Waals surface area contributed by atoms with E-state index in [9.17, 15) is 0 Å². The molecule has 2 aromatic rings. The zero-order valence-corrected chi connectivity index (χ0v) is 43.8. The van der Waals surface area contributed by atoms with Gasteiger partial charge in [-0.25, -0.2) is 0 Å². The van der Waals surface area contributed by atoms with E-state index in [1.54, 1.807) is 0 Å². The van der Waals surface area contributed by atoms with Crippen molar-refractivity contribution in [2.24, 2.45) is 5.41 Å². The number of nitrogens with one attached hydrogen (secondary N) is 1. The van der Waals surface area contributed by atoms with Gasteiger partial charge in [-0.05, 0) is 126 Å². The molecule has 0 bridgehead atoms. The van der Waals surface area contributed by atoms with Gasteiger partial charge in [-0.3, -0.25) is 0 Å². The topological polar surface area (TPSA) is 21.3 Å². The van der Waals surface area contributed by atoms with Crippen molar-refractivity contribution in [3.63, 3.8) is 0 Å². The Balaban J connectivity index is 0.000000357. The van der Waals surface area contributed by atoms with Gasteiger partial charge in [-0.15, -0.1) is 0 Å². The molecule has 2 nitrogen and oxygen atoms in total. The van der Waals surface area contributed by atoms with Crippen LogP contribution in [0.4, 0.5) is 0 Å². The van der Waals surface area contributed by atoms with Gasteiger partial charge in [-0.1, -0.05) is 250 Å². The van der Waals surface area contributed by atoms with Gasteiger partial charge in [-0.2, -0.15) is 0 Å². The van der Waals surface area contributed by atoms with Crippen LogP contribution >= 0.6 is 0 Å². The predicted molar refractivity (Wildman–Crippen MR) is 308 cm³/mol. The minimum absolute atomic E-state index is 0.111. The van der Waals surface area contributed by atoms with Crippen LogP contribution in [0.3, 0.4) is 0 Å². The molecule has 0 radical (unpaired) electrons. The summed E-state index contributed by atoms with van der Waals surface area (Å²) in [5, 5.41) is 3.46. The zero-order valence-electron chi connectivity index (χ0n) is 43.8. The molecule has 0 aromatic heterocycles. The first-order valence-electron chi connectivity index (χ1n) is 24.9. The second-order valence-electron chi connectivity index (χ2n) is 17.4. The molecule has 0 atom stereocenters. The first kappa shape index (κ1) is 56.4. The molecule has 1 heterocycles. The van der Waals surface area contributed by atoms with Crippen molar-refractivity contribution in [2.75, 3.05) is 7.05 Å². The van der Waals surface area contributed by atoms with E-state index in [1.165, 1.54) is 73.4 Å². The maximum Gasteiger partial charge on any atom is 0.123 e. The van der Waals surface area contributed by atoms with Crippen LogP contribution in [0.15, 0.2) is 264 Å². The summed E-state index contributed by atoms with van der Waals surface area (Å²) in [4.78, 5) is 0. The van der Waals surface area contributed by atoms with E-state index >= 15 is 0 Å². The highest BCUT2D eigenvalue weighted by Crippen LogP contribution is 2.49. The summed E-state index contributed by atoms with van der Waals surface area (Å²) in [6.07, 6.45) is 50.4. The van der Waals surface area contributed by atoms with Crippen molar-refractivity contribution in [3.8, 4) is 0 Å². The van der Waals surface area contributed by atoms with Gasteiger partial charge in [0.25, 0.3) is 0 Å². The third kappa shape index (κ3) is 17.3. The molecule has 1 aliphatic heterocycles. The molecule has 3 aliphatic rings. The van der Waals surface area contributed by atoms with E-state index in [2.05, 4.69) is 226 Å². The molecule has 0 saturated carbocycles. The second-order valence-corrected chi connectivity index (χ2v) is 17.4. The average Bonchev–Trinajstić information content (AvgIpc) is 3.58. The van der Waals surface area contributed by atoms with Gasteiger partial charge in [0.15, 0.2) is 0 Å². The highest BCUT2D eigenvalue weighted by atomic mass is 16.5. The third-order valence-corrected chi connectivity index (χ3v) is 12.0. The van der Waals surface area contributed by atoms with E-state index in [-0.39, 0.29) is 5.41 Å². The second kappa shape index (κ2) is 30.5. The Hall–Kier alpha value is -6.90. The number of benzene rings is 2. The minimum Gasteiger partial charge on any atom is -0.458 e. The van der Waals surface area contributed by atoms with Crippen LogP contribution in [0.2, 0.25) is 0 Å². The van der Waals surface area contributed by atoms with Crippen LogP contribution < -0.4 is 5.32 Å². The van der Waals surface area contributed by atoms with Crippen LogP contribution in [-0.4, -0.2) is 7.05 Å². The first-order chi connectivity index (χ1) is 33.4. The van der Waals surface area contributed by atoms with E-state index in [4.69, 9.17) is 4.74 Å². The van der Waals surface area contributed by atoms with Crippen LogP contribution in [-0.2, 0) is 4.74 Å². The highest BCUT2D eigenvalue weighted by Gasteiger charge is 2.35. The molecule has 0 saturated heterocycles. The number of ether oxygens (including phenoxy) is 1. The van der Waals surface area contributed by atoms with Crippen molar-refractivity contribution in [3.05, 3.63) is 281 Å². The number of hydrogen-bond donors (Lipinski definition) is 1. The third-order valence-electron chi connectivity index (χ3n) is 12.0. The van der Waals surface area contributed by atoms with Crippen molar-refractivity contribution >= 4 is 17.2 Å². The first-order valence-corrected chi connectivity index (χ1v) is 24.9. The highest BCUT2D eigenvalue weighted by molar-refractivity contribution is 5.84.